The van der Waals surface area contributed by atoms with E-state index in [1.165, 1.54) is 37.8 Å². The van der Waals surface area contributed by atoms with Crippen LogP contribution < -0.4 is 5.32 Å². The van der Waals surface area contributed by atoms with E-state index >= 15 is 0 Å². The van der Waals surface area contributed by atoms with Crippen molar-refractivity contribution < 1.29 is 0 Å². The second-order valence-electron chi connectivity index (χ2n) is 4.32. The zero-order chi connectivity index (χ0) is 9.68. The lowest BCUT2D eigenvalue weighted by Gasteiger charge is -2.19. The fourth-order valence-electron chi connectivity index (χ4n) is 2.43. The van der Waals surface area contributed by atoms with Crippen LogP contribution in [0.1, 0.15) is 39.0 Å². The third-order valence-corrected chi connectivity index (χ3v) is 3.33. The molecule has 0 bridgehead atoms. The van der Waals surface area contributed by atoms with Gasteiger partial charge in [-0.15, -0.1) is 0 Å². The van der Waals surface area contributed by atoms with Crippen LogP contribution in [0, 0.1) is 11.8 Å². The zero-order valence-electron chi connectivity index (χ0n) is 9.10. The predicted octanol–water partition coefficient (Wildman–Crippen LogP) is 2.98. The van der Waals surface area contributed by atoms with Crippen molar-refractivity contribution >= 4 is 0 Å². The lowest BCUT2D eigenvalue weighted by atomic mass is 9.89. The molecule has 0 aromatic carbocycles. The molecule has 1 heteroatoms. The van der Waals surface area contributed by atoms with Crippen LogP contribution in [0.3, 0.4) is 0 Å². The zero-order valence-corrected chi connectivity index (χ0v) is 9.10. The van der Waals surface area contributed by atoms with Crippen LogP contribution in [0.25, 0.3) is 0 Å². The minimum atomic E-state index is 0.910. The Morgan fingerprint density at radius 2 is 2.08 bits per heavy atom. The molecule has 0 spiro atoms. The van der Waals surface area contributed by atoms with Gasteiger partial charge < -0.3 is 5.32 Å². The molecule has 1 aliphatic carbocycles. The van der Waals surface area contributed by atoms with E-state index in [-0.39, 0.29) is 0 Å². The maximum absolute atomic E-state index is 4.11. The van der Waals surface area contributed by atoms with Crippen LogP contribution in [0.5, 0.6) is 0 Å². The highest BCUT2D eigenvalue weighted by molar-refractivity contribution is 4.97. The van der Waals surface area contributed by atoms with E-state index in [4.69, 9.17) is 0 Å². The van der Waals surface area contributed by atoms with Gasteiger partial charge in [0.15, 0.2) is 0 Å². The van der Waals surface area contributed by atoms with E-state index in [1.807, 2.05) is 0 Å². The van der Waals surface area contributed by atoms with Crippen molar-refractivity contribution in [1.82, 2.24) is 5.32 Å². The summed E-state index contributed by atoms with van der Waals surface area (Å²) in [5, 5.41) is 3.30. The Bertz CT molecular complexity index is 163. The van der Waals surface area contributed by atoms with Crippen LogP contribution in [-0.2, 0) is 0 Å². The first-order chi connectivity index (χ1) is 6.27. The van der Waals surface area contributed by atoms with Crippen molar-refractivity contribution in [3.63, 3.8) is 0 Å². The molecule has 13 heavy (non-hydrogen) atoms. The molecule has 2 atom stereocenters. The number of rotatable bonds is 5. The van der Waals surface area contributed by atoms with Gasteiger partial charge in [0.05, 0.1) is 0 Å². The van der Waals surface area contributed by atoms with E-state index in [0.29, 0.717) is 0 Å². The highest BCUT2D eigenvalue weighted by Crippen LogP contribution is 2.35. The number of allylic oxidation sites excluding steroid dienone is 1. The summed E-state index contributed by atoms with van der Waals surface area (Å²) in [6.45, 7) is 7.52. The Labute approximate surface area is 82.6 Å². The summed E-state index contributed by atoms with van der Waals surface area (Å²) in [7, 11) is 2.06. The Morgan fingerprint density at radius 1 is 1.38 bits per heavy atom. The number of hydrogen-bond donors (Lipinski definition) is 1. The first kappa shape index (κ1) is 10.8. The van der Waals surface area contributed by atoms with Gasteiger partial charge in [-0.2, -0.15) is 0 Å². The fraction of sp³-hybridized carbons (Fsp3) is 0.833. The van der Waals surface area contributed by atoms with E-state index in [2.05, 4.69) is 25.9 Å². The smallest absolute Gasteiger partial charge is 0.00208 e. The average molecular weight is 181 g/mol. The van der Waals surface area contributed by atoms with Crippen molar-refractivity contribution in [1.29, 1.82) is 0 Å². The maximum Gasteiger partial charge on any atom is -0.00208 e. The fourth-order valence-corrected chi connectivity index (χ4v) is 2.43. The molecule has 0 heterocycles. The van der Waals surface area contributed by atoms with Gasteiger partial charge in [-0.3, -0.25) is 0 Å². The Kier molecular flexibility index (Phi) is 4.51. The van der Waals surface area contributed by atoms with E-state index in [0.717, 1.165) is 18.3 Å². The molecule has 1 rings (SSSR count). The normalized spacial score (nSPS) is 27.8. The van der Waals surface area contributed by atoms with Gasteiger partial charge in [-0.1, -0.05) is 25.5 Å². The Hall–Kier alpha value is -0.300. The molecular formula is C12H23N. The summed E-state index contributed by atoms with van der Waals surface area (Å²) in [6, 6.07) is 0. The molecule has 1 saturated carbocycles. The molecule has 0 amide bonds. The second kappa shape index (κ2) is 5.43. The lowest BCUT2D eigenvalue weighted by Crippen LogP contribution is -2.22. The van der Waals surface area contributed by atoms with E-state index in [1.54, 1.807) is 0 Å². The molecule has 1 aliphatic rings. The molecule has 1 N–H and O–H groups in total. The van der Waals surface area contributed by atoms with Gasteiger partial charge >= 0.3 is 0 Å². The van der Waals surface area contributed by atoms with Gasteiger partial charge in [-0.25, -0.2) is 0 Å². The van der Waals surface area contributed by atoms with Crippen molar-refractivity contribution in [3.8, 4) is 0 Å². The van der Waals surface area contributed by atoms with Gasteiger partial charge in [0, 0.05) is 0 Å². The molecule has 0 radical (unpaired) electrons. The predicted molar refractivity (Wildman–Crippen MR) is 58.8 cm³/mol. The van der Waals surface area contributed by atoms with Crippen LogP contribution in [0.4, 0.5) is 0 Å². The summed E-state index contributed by atoms with van der Waals surface area (Å²) >= 11 is 0. The Balaban J connectivity index is 2.34. The standard InChI is InChI=1S/C12H23N/c1-4-10(2)8-11-6-5-7-12(11)9-13-3/h11-13H,2,4-9H2,1,3H3. The van der Waals surface area contributed by atoms with Gasteiger partial charge in [-0.05, 0) is 51.1 Å². The van der Waals surface area contributed by atoms with E-state index in [9.17, 15) is 0 Å². The number of nitrogens with one attached hydrogen (secondary N) is 1. The minimum absolute atomic E-state index is 0.910. The van der Waals surface area contributed by atoms with Crippen molar-refractivity contribution in [3.05, 3.63) is 12.2 Å². The molecule has 76 valence electrons. The van der Waals surface area contributed by atoms with Gasteiger partial charge in [0.2, 0.25) is 0 Å². The minimum Gasteiger partial charge on any atom is -0.319 e. The van der Waals surface area contributed by atoms with Crippen LogP contribution >= 0.6 is 0 Å². The molecule has 0 aromatic heterocycles. The van der Waals surface area contributed by atoms with Crippen molar-refractivity contribution in [2.45, 2.75) is 39.0 Å². The second-order valence-corrected chi connectivity index (χ2v) is 4.32. The summed E-state index contributed by atoms with van der Waals surface area (Å²) in [5.74, 6) is 1.83. The molecule has 1 nitrogen and oxygen atoms in total. The van der Waals surface area contributed by atoms with Crippen LogP contribution in [0.15, 0.2) is 12.2 Å². The quantitative estimate of drug-likeness (QED) is 0.643. The first-order valence-electron chi connectivity index (χ1n) is 5.59. The Morgan fingerprint density at radius 3 is 2.69 bits per heavy atom. The number of hydrogen-bond acceptors (Lipinski definition) is 1. The lowest BCUT2D eigenvalue weighted by molar-refractivity contribution is 0.372. The molecular weight excluding hydrogens is 158 g/mol. The monoisotopic (exact) mass is 181 g/mol. The summed E-state index contributed by atoms with van der Waals surface area (Å²) in [5.41, 5.74) is 1.44. The molecule has 0 aliphatic heterocycles. The van der Waals surface area contributed by atoms with Crippen LogP contribution in [0.2, 0.25) is 0 Å². The molecule has 0 aromatic rings. The first-order valence-corrected chi connectivity index (χ1v) is 5.59. The average Bonchev–Trinajstić information content (AvgIpc) is 2.54. The molecule has 1 fully saturated rings. The van der Waals surface area contributed by atoms with Crippen LogP contribution in [-0.4, -0.2) is 13.6 Å². The van der Waals surface area contributed by atoms with Crippen molar-refractivity contribution in [2.75, 3.05) is 13.6 Å². The summed E-state index contributed by atoms with van der Waals surface area (Å²) < 4.78 is 0. The topological polar surface area (TPSA) is 12.0 Å². The third kappa shape index (κ3) is 3.15. The SMILES string of the molecule is C=C(CC)CC1CCCC1CNC. The maximum atomic E-state index is 4.11. The summed E-state index contributed by atoms with van der Waals surface area (Å²) in [4.78, 5) is 0. The summed E-state index contributed by atoms with van der Waals surface area (Å²) in [6.07, 6.45) is 6.69. The molecule has 2 unspecified atom stereocenters. The molecule has 0 saturated heterocycles. The van der Waals surface area contributed by atoms with E-state index < -0.39 is 0 Å². The highest BCUT2D eigenvalue weighted by Gasteiger charge is 2.26. The highest BCUT2D eigenvalue weighted by atomic mass is 14.8. The largest absolute Gasteiger partial charge is 0.319 e. The van der Waals surface area contributed by atoms with Crippen molar-refractivity contribution in [2.24, 2.45) is 11.8 Å². The van der Waals surface area contributed by atoms with Gasteiger partial charge in [0.1, 0.15) is 0 Å². The van der Waals surface area contributed by atoms with Gasteiger partial charge in [0.25, 0.3) is 0 Å². The third-order valence-electron chi connectivity index (χ3n) is 3.33.